The first-order valence-corrected chi connectivity index (χ1v) is 11.2. The molecule has 2 aromatic carbocycles. The summed E-state index contributed by atoms with van der Waals surface area (Å²) in [5.74, 6) is 0.757. The molecule has 32 heavy (non-hydrogen) atoms. The molecule has 0 bridgehead atoms. The zero-order valence-electron chi connectivity index (χ0n) is 19.2. The molecule has 1 atom stereocenters. The van der Waals surface area contributed by atoms with Crippen LogP contribution in [0.15, 0.2) is 66.1 Å². The molecule has 1 N–H and O–H groups in total. The fourth-order valence-electron chi connectivity index (χ4n) is 3.40. The number of aliphatic imine (C=N–C) groups is 1. The number of nitrogens with one attached hydrogen (secondary N) is 1. The Kier molecular flexibility index (Phi) is 7.77. The number of hydrogen-bond acceptors (Lipinski definition) is 3. The lowest BCUT2D eigenvalue weighted by Gasteiger charge is -2.16. The molecule has 0 amide bonds. The Balaban J connectivity index is 1.93. The maximum absolute atomic E-state index is 6.80. The van der Waals surface area contributed by atoms with E-state index in [0.29, 0.717) is 15.6 Å². The molecule has 0 spiro atoms. The number of nitrogens with zero attached hydrogens (tertiary/aromatic N) is 4. The van der Waals surface area contributed by atoms with E-state index in [0.717, 1.165) is 34.6 Å². The number of aromatic nitrogens is 2. The largest absolute Gasteiger partial charge is 0.346 e. The number of hydrogen-bond donors (Lipinski definition) is 1. The van der Waals surface area contributed by atoms with Crippen molar-refractivity contribution < 1.29 is 0 Å². The van der Waals surface area contributed by atoms with Gasteiger partial charge >= 0.3 is 0 Å². The van der Waals surface area contributed by atoms with Gasteiger partial charge in [-0.15, -0.1) is 0 Å². The van der Waals surface area contributed by atoms with Crippen molar-refractivity contribution in [3.05, 3.63) is 76.7 Å². The van der Waals surface area contributed by atoms with E-state index < -0.39 is 0 Å². The molecule has 1 unspecified atom stereocenters. The molecule has 3 aromatic rings. The molecule has 1 heterocycles. The van der Waals surface area contributed by atoms with Gasteiger partial charge in [-0.05, 0) is 52.1 Å². The van der Waals surface area contributed by atoms with Gasteiger partial charge in [0.05, 0.1) is 16.1 Å². The highest BCUT2D eigenvalue weighted by molar-refractivity contribution is 6.42. The second kappa shape index (κ2) is 10.3. The van der Waals surface area contributed by atoms with Gasteiger partial charge in [0.1, 0.15) is 11.4 Å². The first-order valence-electron chi connectivity index (χ1n) is 10.4. The molecule has 0 saturated carbocycles. The van der Waals surface area contributed by atoms with Gasteiger partial charge in [-0.1, -0.05) is 60.1 Å². The molecule has 7 heteroatoms. The minimum Gasteiger partial charge on any atom is -0.346 e. The minimum absolute atomic E-state index is 0.126. The van der Waals surface area contributed by atoms with Gasteiger partial charge in [0.15, 0.2) is 0 Å². The summed E-state index contributed by atoms with van der Waals surface area (Å²) in [5, 5.41) is 9.97. The van der Waals surface area contributed by atoms with Crippen LogP contribution < -0.4 is 5.32 Å². The van der Waals surface area contributed by atoms with Crippen LogP contribution in [0.4, 0.5) is 0 Å². The highest BCUT2D eigenvalue weighted by Gasteiger charge is 2.18. The number of rotatable bonds is 7. The van der Waals surface area contributed by atoms with Crippen LogP contribution in [0.1, 0.15) is 32.4 Å². The molecule has 168 valence electrons. The second-order valence-corrected chi connectivity index (χ2v) is 8.83. The minimum atomic E-state index is -0.126. The van der Waals surface area contributed by atoms with Crippen molar-refractivity contribution in [1.29, 1.82) is 0 Å². The van der Waals surface area contributed by atoms with Crippen LogP contribution in [0.5, 0.6) is 0 Å². The van der Waals surface area contributed by atoms with E-state index in [1.54, 1.807) is 6.20 Å². The first kappa shape index (κ1) is 24.1. The standard InChI is InChI=1S/C25H29Cl2N5/c1-7-12-28-18(4)29-16(2)17(3)32-15-22-23(26)13-21(24(27)25(22)30-32)20-10-8-19(9-11-20)14-31(5)6/h7-13,15,17H,2,14H2,1,3-6H3,(H,28,29)/b12-7-. The van der Waals surface area contributed by atoms with Gasteiger partial charge in [-0.3, -0.25) is 4.68 Å². The summed E-state index contributed by atoms with van der Waals surface area (Å²) in [6.45, 7) is 10.8. The number of allylic oxidation sites excluding steroid dienone is 2. The van der Waals surface area contributed by atoms with Crippen LogP contribution in [0, 0.1) is 0 Å². The Labute approximate surface area is 200 Å². The smallest absolute Gasteiger partial charge is 0.113 e. The topological polar surface area (TPSA) is 45.5 Å². The molecule has 0 fully saturated rings. The van der Waals surface area contributed by atoms with Gasteiger partial charge in [0.25, 0.3) is 0 Å². The zero-order valence-corrected chi connectivity index (χ0v) is 20.7. The molecule has 0 saturated heterocycles. The molecule has 5 nitrogen and oxygen atoms in total. The van der Waals surface area contributed by atoms with Gasteiger partial charge in [0.2, 0.25) is 0 Å². The molecular formula is C25H29Cl2N5. The lowest BCUT2D eigenvalue weighted by Crippen LogP contribution is -2.25. The summed E-state index contributed by atoms with van der Waals surface area (Å²) in [4.78, 5) is 6.42. The summed E-state index contributed by atoms with van der Waals surface area (Å²) in [6.07, 6.45) is 5.51. The highest BCUT2D eigenvalue weighted by atomic mass is 35.5. The molecule has 3 rings (SSSR count). The predicted molar refractivity (Wildman–Crippen MR) is 137 cm³/mol. The van der Waals surface area contributed by atoms with E-state index in [2.05, 4.69) is 60.1 Å². The van der Waals surface area contributed by atoms with Crippen molar-refractivity contribution >= 4 is 39.9 Å². The lowest BCUT2D eigenvalue weighted by atomic mass is 10.0. The molecule has 0 aliphatic carbocycles. The maximum Gasteiger partial charge on any atom is 0.113 e. The average molecular weight is 470 g/mol. The summed E-state index contributed by atoms with van der Waals surface area (Å²) in [6, 6.07) is 10.1. The van der Waals surface area contributed by atoms with E-state index in [-0.39, 0.29) is 6.04 Å². The fraction of sp³-hybridized carbons (Fsp3) is 0.280. The number of benzene rings is 2. The van der Waals surface area contributed by atoms with Crippen molar-refractivity contribution in [2.45, 2.75) is 33.4 Å². The zero-order chi connectivity index (χ0) is 23.4. The van der Waals surface area contributed by atoms with Crippen LogP contribution in [-0.4, -0.2) is 34.6 Å². The van der Waals surface area contributed by atoms with Gasteiger partial charge < -0.3 is 10.2 Å². The number of fused-ring (bicyclic) bond motifs is 1. The molecular weight excluding hydrogens is 441 g/mol. The van der Waals surface area contributed by atoms with Crippen LogP contribution in [0.3, 0.4) is 0 Å². The van der Waals surface area contributed by atoms with Crippen molar-refractivity contribution in [3.8, 4) is 11.1 Å². The van der Waals surface area contributed by atoms with E-state index in [1.807, 2.05) is 43.8 Å². The van der Waals surface area contributed by atoms with Crippen LogP contribution in [0.2, 0.25) is 10.0 Å². The normalized spacial score (nSPS) is 13.3. The van der Waals surface area contributed by atoms with Crippen molar-refractivity contribution in [1.82, 2.24) is 20.0 Å². The SMILES string of the molecule is C=C(N/C(C)=N/C=C\C)C(C)n1cc2c(Cl)cc(-c3ccc(CN(C)C)cc3)c(Cl)c2n1. The van der Waals surface area contributed by atoms with Gasteiger partial charge in [-0.2, -0.15) is 5.10 Å². The third-order valence-corrected chi connectivity index (χ3v) is 5.82. The molecule has 0 radical (unpaired) electrons. The van der Waals surface area contributed by atoms with Gasteiger partial charge in [0, 0.05) is 35.6 Å². The van der Waals surface area contributed by atoms with Crippen molar-refractivity contribution in [2.75, 3.05) is 14.1 Å². The summed E-state index contributed by atoms with van der Waals surface area (Å²) in [7, 11) is 4.10. The summed E-state index contributed by atoms with van der Waals surface area (Å²) >= 11 is 13.4. The third-order valence-electron chi connectivity index (χ3n) is 5.13. The second-order valence-electron chi connectivity index (χ2n) is 8.05. The van der Waals surface area contributed by atoms with Crippen LogP contribution >= 0.6 is 23.2 Å². The van der Waals surface area contributed by atoms with Crippen molar-refractivity contribution in [2.24, 2.45) is 4.99 Å². The van der Waals surface area contributed by atoms with Crippen molar-refractivity contribution in [3.63, 3.8) is 0 Å². The Hall–Kier alpha value is -2.60. The average Bonchev–Trinajstić information content (AvgIpc) is 3.21. The summed E-state index contributed by atoms with van der Waals surface area (Å²) < 4.78 is 1.82. The van der Waals surface area contributed by atoms with E-state index in [9.17, 15) is 0 Å². The molecule has 0 aliphatic heterocycles. The Bertz CT molecular complexity index is 1170. The Morgan fingerprint density at radius 3 is 2.59 bits per heavy atom. The van der Waals surface area contributed by atoms with E-state index in [4.69, 9.17) is 28.3 Å². The Morgan fingerprint density at radius 1 is 1.28 bits per heavy atom. The van der Waals surface area contributed by atoms with Crippen LogP contribution in [0.25, 0.3) is 22.0 Å². The van der Waals surface area contributed by atoms with E-state index in [1.165, 1.54) is 5.56 Å². The van der Waals surface area contributed by atoms with E-state index >= 15 is 0 Å². The third kappa shape index (κ3) is 5.41. The monoisotopic (exact) mass is 469 g/mol. The number of halogens is 2. The maximum atomic E-state index is 6.80. The fourth-order valence-corrected chi connectivity index (χ4v) is 3.95. The molecule has 1 aromatic heterocycles. The predicted octanol–water partition coefficient (Wildman–Crippen LogP) is 6.69. The van der Waals surface area contributed by atoms with Crippen LogP contribution in [-0.2, 0) is 6.54 Å². The highest BCUT2D eigenvalue weighted by Crippen LogP contribution is 2.38. The quantitative estimate of drug-likeness (QED) is 0.309. The molecule has 0 aliphatic rings. The summed E-state index contributed by atoms with van der Waals surface area (Å²) in [5.41, 5.74) is 4.55. The van der Waals surface area contributed by atoms with Gasteiger partial charge in [-0.25, -0.2) is 4.99 Å². The first-order chi connectivity index (χ1) is 15.2. The number of amidine groups is 1. The Morgan fingerprint density at radius 2 is 1.97 bits per heavy atom. The lowest BCUT2D eigenvalue weighted by molar-refractivity contribution is 0.402.